The highest BCUT2D eigenvalue weighted by Crippen LogP contribution is 2.64. The molecule has 0 N–H and O–H groups in total. The molecule has 24 heavy (non-hydrogen) atoms. The Morgan fingerprint density at radius 1 is 1.00 bits per heavy atom. The lowest BCUT2D eigenvalue weighted by molar-refractivity contribution is -0.0142. The van der Waals surface area contributed by atoms with Gasteiger partial charge in [0, 0.05) is 0 Å². The average Bonchev–Trinajstić information content (AvgIpc) is 2.95. The van der Waals surface area contributed by atoms with Crippen LogP contribution in [0.25, 0.3) is 0 Å². The van der Waals surface area contributed by atoms with Gasteiger partial charge < -0.3 is 0 Å². The van der Waals surface area contributed by atoms with Crippen molar-refractivity contribution in [2.75, 3.05) is 0 Å². The van der Waals surface area contributed by atoms with Gasteiger partial charge in [0.25, 0.3) is 0 Å². The highest BCUT2D eigenvalue weighted by molar-refractivity contribution is 5.18. The van der Waals surface area contributed by atoms with Crippen LogP contribution in [0.3, 0.4) is 0 Å². The van der Waals surface area contributed by atoms with E-state index in [4.69, 9.17) is 0 Å². The van der Waals surface area contributed by atoms with Crippen molar-refractivity contribution in [3.8, 4) is 0 Å². The van der Waals surface area contributed by atoms with Gasteiger partial charge in [-0.15, -0.1) is 0 Å². The molecule has 0 saturated heterocycles. The molecule has 0 spiro atoms. The molecule has 0 aromatic carbocycles. The SMILES string of the molecule is CCCCCCC1CCC2C3CC=C4CCCCC4C3CCC12C. The zero-order chi connectivity index (χ0) is 16.6. The third-order valence-electron chi connectivity index (χ3n) is 8.97. The van der Waals surface area contributed by atoms with E-state index in [1.807, 2.05) is 5.57 Å². The van der Waals surface area contributed by atoms with Gasteiger partial charge in [0.15, 0.2) is 0 Å². The van der Waals surface area contributed by atoms with E-state index in [9.17, 15) is 0 Å². The number of fused-ring (bicyclic) bond motifs is 5. The predicted molar refractivity (Wildman–Crippen MR) is 104 cm³/mol. The fourth-order valence-corrected chi connectivity index (χ4v) is 7.65. The lowest BCUT2D eigenvalue weighted by Crippen LogP contribution is -2.45. The summed E-state index contributed by atoms with van der Waals surface area (Å²) < 4.78 is 0. The van der Waals surface area contributed by atoms with Gasteiger partial charge in [-0.3, -0.25) is 0 Å². The van der Waals surface area contributed by atoms with Crippen LogP contribution in [-0.4, -0.2) is 0 Å². The van der Waals surface area contributed by atoms with Crippen molar-refractivity contribution >= 4 is 0 Å². The van der Waals surface area contributed by atoms with E-state index < -0.39 is 0 Å². The van der Waals surface area contributed by atoms with Gasteiger partial charge in [-0.05, 0) is 92.8 Å². The van der Waals surface area contributed by atoms with E-state index in [0.29, 0.717) is 5.41 Å². The van der Waals surface area contributed by atoms with Crippen molar-refractivity contribution in [2.45, 2.75) is 104 Å². The number of hydrogen-bond acceptors (Lipinski definition) is 0. The van der Waals surface area contributed by atoms with Crippen LogP contribution in [0.15, 0.2) is 11.6 Å². The number of hydrogen-bond donors (Lipinski definition) is 0. The molecule has 4 aliphatic rings. The highest BCUT2D eigenvalue weighted by Gasteiger charge is 2.55. The molecular formula is C24H40. The van der Waals surface area contributed by atoms with Gasteiger partial charge in [0.05, 0.1) is 0 Å². The Morgan fingerprint density at radius 2 is 1.92 bits per heavy atom. The summed E-state index contributed by atoms with van der Waals surface area (Å²) >= 11 is 0. The van der Waals surface area contributed by atoms with E-state index in [-0.39, 0.29) is 0 Å². The largest absolute Gasteiger partial charge is 0.0847 e. The summed E-state index contributed by atoms with van der Waals surface area (Å²) in [5.74, 6) is 5.24. The molecule has 0 amide bonds. The van der Waals surface area contributed by atoms with Gasteiger partial charge in [0.1, 0.15) is 0 Å². The van der Waals surface area contributed by atoms with Crippen LogP contribution in [0.5, 0.6) is 0 Å². The van der Waals surface area contributed by atoms with Crippen molar-refractivity contribution in [3.05, 3.63) is 11.6 Å². The normalized spacial score (nSPS) is 44.4. The first-order valence-corrected chi connectivity index (χ1v) is 11.4. The van der Waals surface area contributed by atoms with E-state index in [1.54, 1.807) is 25.7 Å². The summed E-state index contributed by atoms with van der Waals surface area (Å²) in [6, 6.07) is 0. The summed E-state index contributed by atoms with van der Waals surface area (Å²) in [7, 11) is 0. The fraction of sp³-hybridized carbons (Fsp3) is 0.917. The second-order valence-electron chi connectivity index (χ2n) is 9.97. The third kappa shape index (κ3) is 2.90. The van der Waals surface area contributed by atoms with E-state index in [1.165, 1.54) is 64.2 Å². The molecule has 4 aliphatic carbocycles. The second kappa shape index (κ2) is 7.16. The summed E-state index contributed by atoms with van der Waals surface area (Å²) in [6.07, 6.45) is 23.7. The Bertz CT molecular complexity index is 461. The van der Waals surface area contributed by atoms with Crippen molar-refractivity contribution < 1.29 is 0 Å². The monoisotopic (exact) mass is 328 g/mol. The highest BCUT2D eigenvalue weighted by atomic mass is 14.6. The van der Waals surface area contributed by atoms with Crippen LogP contribution in [0, 0.1) is 35.0 Å². The molecule has 4 rings (SSSR count). The minimum absolute atomic E-state index is 0.702. The lowest BCUT2D eigenvalue weighted by atomic mass is 9.51. The van der Waals surface area contributed by atoms with Crippen molar-refractivity contribution in [1.29, 1.82) is 0 Å². The van der Waals surface area contributed by atoms with Crippen molar-refractivity contribution in [1.82, 2.24) is 0 Å². The third-order valence-corrected chi connectivity index (χ3v) is 8.97. The summed E-state index contributed by atoms with van der Waals surface area (Å²) in [5, 5.41) is 0. The van der Waals surface area contributed by atoms with Crippen LogP contribution >= 0.6 is 0 Å². The smallest absolute Gasteiger partial charge is 0.0172 e. The molecule has 136 valence electrons. The van der Waals surface area contributed by atoms with Crippen LogP contribution in [-0.2, 0) is 0 Å². The molecule has 0 heterocycles. The molecule has 0 aromatic rings. The Kier molecular flexibility index (Phi) is 5.12. The van der Waals surface area contributed by atoms with E-state index >= 15 is 0 Å². The first-order valence-electron chi connectivity index (χ1n) is 11.4. The van der Waals surface area contributed by atoms with Gasteiger partial charge in [0.2, 0.25) is 0 Å². The zero-order valence-corrected chi connectivity index (χ0v) is 16.4. The van der Waals surface area contributed by atoms with Crippen LogP contribution in [0.1, 0.15) is 104 Å². The molecule has 3 saturated carbocycles. The maximum absolute atomic E-state index is 2.73. The van der Waals surface area contributed by atoms with Gasteiger partial charge in [-0.25, -0.2) is 0 Å². The maximum Gasteiger partial charge on any atom is -0.0172 e. The predicted octanol–water partition coefficient (Wildman–Crippen LogP) is 7.54. The first kappa shape index (κ1) is 17.2. The minimum atomic E-state index is 0.702. The molecule has 6 unspecified atom stereocenters. The van der Waals surface area contributed by atoms with E-state index in [2.05, 4.69) is 19.9 Å². The average molecular weight is 329 g/mol. The number of unbranched alkanes of at least 4 members (excludes halogenated alkanes) is 3. The first-order chi connectivity index (χ1) is 11.7. The molecule has 0 bridgehead atoms. The Balaban J connectivity index is 1.44. The topological polar surface area (TPSA) is 0 Å². The summed E-state index contributed by atoms with van der Waals surface area (Å²) in [5.41, 5.74) is 2.59. The van der Waals surface area contributed by atoms with Gasteiger partial charge in [-0.1, -0.05) is 57.6 Å². The second-order valence-corrected chi connectivity index (χ2v) is 9.97. The number of allylic oxidation sites excluding steroid dienone is 2. The Labute approximate surface area is 150 Å². The standard InChI is InChI=1S/C24H40/c1-3-4-5-6-10-19-13-15-23-22-14-12-18-9-7-8-11-20(18)21(22)16-17-24(19,23)2/h12,19-23H,3-11,13-17H2,1-2H3. The molecule has 0 nitrogen and oxygen atoms in total. The van der Waals surface area contributed by atoms with Gasteiger partial charge in [-0.2, -0.15) is 0 Å². The molecule has 0 radical (unpaired) electrons. The molecule has 0 aliphatic heterocycles. The van der Waals surface area contributed by atoms with Crippen LogP contribution in [0.2, 0.25) is 0 Å². The summed E-state index contributed by atoms with van der Waals surface area (Å²) in [4.78, 5) is 0. The molecule has 0 aromatic heterocycles. The van der Waals surface area contributed by atoms with Gasteiger partial charge >= 0.3 is 0 Å². The van der Waals surface area contributed by atoms with Crippen LogP contribution in [0.4, 0.5) is 0 Å². The molecule has 3 fully saturated rings. The quantitative estimate of drug-likeness (QED) is 0.361. The molecule has 0 heteroatoms. The zero-order valence-electron chi connectivity index (χ0n) is 16.4. The Morgan fingerprint density at radius 3 is 2.79 bits per heavy atom. The van der Waals surface area contributed by atoms with Crippen LogP contribution < -0.4 is 0 Å². The Hall–Kier alpha value is -0.260. The lowest BCUT2D eigenvalue weighted by Gasteiger charge is -2.53. The summed E-state index contributed by atoms with van der Waals surface area (Å²) in [6.45, 7) is 5.05. The van der Waals surface area contributed by atoms with E-state index in [0.717, 1.165) is 29.6 Å². The van der Waals surface area contributed by atoms with Crippen molar-refractivity contribution in [3.63, 3.8) is 0 Å². The fourth-order valence-electron chi connectivity index (χ4n) is 7.65. The minimum Gasteiger partial charge on any atom is -0.0847 e. The number of rotatable bonds is 5. The molecule has 6 atom stereocenters. The van der Waals surface area contributed by atoms with Crippen molar-refractivity contribution in [2.24, 2.45) is 35.0 Å². The molecular weight excluding hydrogens is 288 g/mol. The maximum atomic E-state index is 2.73.